The van der Waals surface area contributed by atoms with Crippen LogP contribution in [0.5, 0.6) is 0 Å². The Bertz CT molecular complexity index is 1130. The van der Waals surface area contributed by atoms with E-state index < -0.39 is 18.2 Å². The summed E-state index contributed by atoms with van der Waals surface area (Å²) in [6.45, 7) is 6.37. The van der Waals surface area contributed by atoms with Gasteiger partial charge in [0.15, 0.2) is 0 Å². The van der Waals surface area contributed by atoms with Crippen molar-refractivity contribution in [2.24, 2.45) is 0 Å². The van der Waals surface area contributed by atoms with Gasteiger partial charge in [0.1, 0.15) is 6.10 Å². The summed E-state index contributed by atoms with van der Waals surface area (Å²) < 4.78 is 5.91. The minimum atomic E-state index is -0.797. The summed E-state index contributed by atoms with van der Waals surface area (Å²) in [7, 11) is 0. The minimum Gasteiger partial charge on any atom is -0.462 e. The van der Waals surface area contributed by atoms with Crippen LogP contribution in [0, 0.1) is 0 Å². The van der Waals surface area contributed by atoms with Crippen LogP contribution in [0.15, 0.2) is 60.8 Å². The lowest BCUT2D eigenvalue weighted by atomic mass is 10.0. The molecule has 63 heavy (non-hydrogen) atoms. The second-order valence-corrected chi connectivity index (χ2v) is 18.3. The molecular formula is C57H103NO5. The first kappa shape index (κ1) is 60.6. The molecule has 3 atom stereocenters. The molecule has 0 rings (SSSR count). The lowest BCUT2D eigenvalue weighted by Gasteiger charge is -2.24. The number of allylic oxidation sites excluding steroid dienone is 10. The van der Waals surface area contributed by atoms with E-state index in [1.54, 1.807) is 0 Å². The fourth-order valence-electron chi connectivity index (χ4n) is 8.06. The number of aliphatic hydroxyl groups excluding tert-OH is 2. The summed E-state index contributed by atoms with van der Waals surface area (Å²) in [6.07, 6.45) is 62.8. The van der Waals surface area contributed by atoms with E-state index >= 15 is 0 Å². The third-order valence-corrected chi connectivity index (χ3v) is 12.1. The molecule has 0 saturated heterocycles. The quantitative estimate of drug-likeness (QED) is 0.0321. The molecule has 6 nitrogen and oxygen atoms in total. The second kappa shape index (κ2) is 50.6. The molecule has 0 radical (unpaired) electrons. The first-order valence-corrected chi connectivity index (χ1v) is 27.0. The Morgan fingerprint density at radius 2 is 0.841 bits per heavy atom. The van der Waals surface area contributed by atoms with Gasteiger partial charge in [-0.1, -0.05) is 248 Å². The van der Waals surface area contributed by atoms with Crippen molar-refractivity contribution >= 4 is 11.9 Å². The minimum absolute atomic E-state index is 0.0563. The van der Waals surface area contributed by atoms with Crippen molar-refractivity contribution in [1.29, 1.82) is 0 Å². The van der Waals surface area contributed by atoms with Crippen LogP contribution in [-0.4, -0.2) is 46.9 Å². The molecule has 0 aliphatic rings. The molecule has 0 aromatic carbocycles. The summed E-state index contributed by atoms with van der Waals surface area (Å²) >= 11 is 0. The monoisotopic (exact) mass is 882 g/mol. The van der Waals surface area contributed by atoms with Gasteiger partial charge in [-0.15, -0.1) is 0 Å². The number of esters is 1. The van der Waals surface area contributed by atoms with Crippen LogP contribution in [-0.2, 0) is 14.3 Å². The van der Waals surface area contributed by atoms with Crippen LogP contribution >= 0.6 is 0 Å². The standard InChI is InChI=1S/C57H103NO5/c1-4-7-10-13-16-19-22-25-27-28-30-32-35-38-41-44-47-50-57(62)63-53(48-45-42-39-36-33-24-21-18-15-12-9-6-3)51-56(61)58-54(52-59)55(60)49-46-43-40-37-34-31-29-26-23-20-17-14-11-8-5-2/h7,10,16,19,25,27,30,32,38,41,53-55,59-60H,4-6,8-9,11-15,17-18,20-24,26,28-29,31,33-37,39-40,42-52H2,1-3H3,(H,58,61)/b10-7-,19-16-,27-25-,32-30-,41-38-. The van der Waals surface area contributed by atoms with Gasteiger partial charge in [0.25, 0.3) is 0 Å². The topological polar surface area (TPSA) is 95.9 Å². The van der Waals surface area contributed by atoms with E-state index in [0.29, 0.717) is 25.7 Å². The maximum Gasteiger partial charge on any atom is 0.306 e. The van der Waals surface area contributed by atoms with Crippen molar-refractivity contribution in [3.8, 4) is 0 Å². The molecule has 366 valence electrons. The van der Waals surface area contributed by atoms with Crippen LogP contribution in [0.3, 0.4) is 0 Å². The van der Waals surface area contributed by atoms with Crippen molar-refractivity contribution in [2.45, 2.75) is 283 Å². The molecule has 0 aromatic heterocycles. The second-order valence-electron chi connectivity index (χ2n) is 18.3. The molecule has 0 heterocycles. The number of hydrogen-bond donors (Lipinski definition) is 3. The highest BCUT2D eigenvalue weighted by Crippen LogP contribution is 2.18. The molecule has 0 fully saturated rings. The Morgan fingerprint density at radius 1 is 0.476 bits per heavy atom. The third kappa shape index (κ3) is 45.9. The van der Waals surface area contributed by atoms with Crippen LogP contribution in [0.1, 0.15) is 265 Å². The Labute approximate surface area is 390 Å². The number of nitrogens with one attached hydrogen (secondary N) is 1. The summed E-state index contributed by atoms with van der Waals surface area (Å²) in [5, 5.41) is 23.8. The van der Waals surface area contributed by atoms with E-state index in [2.05, 4.69) is 86.8 Å². The van der Waals surface area contributed by atoms with Gasteiger partial charge in [-0.3, -0.25) is 9.59 Å². The number of aliphatic hydroxyl groups is 2. The van der Waals surface area contributed by atoms with E-state index in [-0.39, 0.29) is 24.9 Å². The predicted molar refractivity (Wildman–Crippen MR) is 273 cm³/mol. The SMILES string of the molecule is CC/C=C\C/C=C\C/C=C\C/C=C\C/C=C\CCCC(=O)OC(CCCCCCCCCCCCCC)CC(=O)NC(CO)C(O)CCCCCCCCCCCCCCCCC. The first-order valence-electron chi connectivity index (χ1n) is 27.0. The van der Waals surface area contributed by atoms with Crippen LogP contribution < -0.4 is 5.32 Å². The van der Waals surface area contributed by atoms with Gasteiger partial charge in [0.05, 0.1) is 25.2 Å². The molecule has 1 amide bonds. The van der Waals surface area contributed by atoms with E-state index in [1.165, 1.54) is 135 Å². The molecule has 6 heteroatoms. The third-order valence-electron chi connectivity index (χ3n) is 12.1. The highest BCUT2D eigenvalue weighted by atomic mass is 16.5. The van der Waals surface area contributed by atoms with Crippen LogP contribution in [0.25, 0.3) is 0 Å². The number of carbonyl (C=O) groups is 2. The smallest absolute Gasteiger partial charge is 0.306 e. The zero-order chi connectivity index (χ0) is 45.9. The predicted octanol–water partition coefficient (Wildman–Crippen LogP) is 16.4. The maximum absolute atomic E-state index is 13.2. The van der Waals surface area contributed by atoms with Crippen molar-refractivity contribution in [3.05, 3.63) is 60.8 Å². The summed E-state index contributed by atoms with van der Waals surface area (Å²) in [4.78, 5) is 26.2. The number of carbonyl (C=O) groups excluding carboxylic acids is 2. The lowest BCUT2D eigenvalue weighted by Crippen LogP contribution is -2.46. The summed E-state index contributed by atoms with van der Waals surface area (Å²) in [6, 6.07) is -0.712. The van der Waals surface area contributed by atoms with Gasteiger partial charge in [0.2, 0.25) is 5.91 Å². The van der Waals surface area contributed by atoms with Gasteiger partial charge in [-0.25, -0.2) is 0 Å². The lowest BCUT2D eigenvalue weighted by molar-refractivity contribution is -0.151. The molecule has 0 aromatic rings. The zero-order valence-corrected chi connectivity index (χ0v) is 41.7. The fourth-order valence-corrected chi connectivity index (χ4v) is 8.06. The number of ether oxygens (including phenoxy) is 1. The first-order chi connectivity index (χ1) is 31.0. The number of rotatable bonds is 48. The van der Waals surface area contributed by atoms with Crippen molar-refractivity contribution in [1.82, 2.24) is 5.32 Å². The van der Waals surface area contributed by atoms with E-state index in [4.69, 9.17) is 4.74 Å². The molecule has 0 saturated carbocycles. The summed E-state index contributed by atoms with van der Waals surface area (Å²) in [5.74, 6) is -0.536. The van der Waals surface area contributed by atoms with Gasteiger partial charge in [0, 0.05) is 6.42 Å². The summed E-state index contributed by atoms with van der Waals surface area (Å²) in [5.41, 5.74) is 0. The average Bonchev–Trinajstić information content (AvgIpc) is 3.28. The largest absolute Gasteiger partial charge is 0.462 e. The number of amides is 1. The molecule has 0 aliphatic carbocycles. The molecular weight excluding hydrogens is 779 g/mol. The molecule has 0 aliphatic heterocycles. The molecule has 3 N–H and O–H groups in total. The molecule has 0 spiro atoms. The highest BCUT2D eigenvalue weighted by molar-refractivity contribution is 5.77. The van der Waals surface area contributed by atoms with Gasteiger partial charge in [-0.2, -0.15) is 0 Å². The molecule has 0 bridgehead atoms. The average molecular weight is 882 g/mol. The van der Waals surface area contributed by atoms with Crippen molar-refractivity contribution < 1.29 is 24.5 Å². The van der Waals surface area contributed by atoms with Crippen LogP contribution in [0.4, 0.5) is 0 Å². The Morgan fingerprint density at radius 3 is 1.24 bits per heavy atom. The van der Waals surface area contributed by atoms with E-state index in [0.717, 1.165) is 77.0 Å². The number of unbranched alkanes of at least 4 members (excludes halogenated alkanes) is 26. The van der Waals surface area contributed by atoms with Gasteiger partial charge in [-0.05, 0) is 64.2 Å². The van der Waals surface area contributed by atoms with Crippen molar-refractivity contribution in [3.63, 3.8) is 0 Å². The van der Waals surface area contributed by atoms with Crippen LogP contribution in [0.2, 0.25) is 0 Å². The fraction of sp³-hybridized carbons (Fsp3) is 0.789. The van der Waals surface area contributed by atoms with E-state index in [9.17, 15) is 19.8 Å². The van der Waals surface area contributed by atoms with E-state index in [1.807, 2.05) is 0 Å². The van der Waals surface area contributed by atoms with Crippen molar-refractivity contribution in [2.75, 3.05) is 6.61 Å². The Balaban J connectivity index is 4.60. The number of hydrogen-bond acceptors (Lipinski definition) is 5. The maximum atomic E-state index is 13.2. The Kier molecular flexibility index (Phi) is 48.6. The van der Waals surface area contributed by atoms with Gasteiger partial charge < -0.3 is 20.3 Å². The normalized spacial score (nSPS) is 13.7. The zero-order valence-electron chi connectivity index (χ0n) is 41.7. The van der Waals surface area contributed by atoms with Gasteiger partial charge >= 0.3 is 5.97 Å². The molecule has 3 unspecified atom stereocenters. The Hall–Kier alpha value is -2.44. The highest BCUT2D eigenvalue weighted by Gasteiger charge is 2.24.